The molecule has 144 valence electrons. The van der Waals surface area contributed by atoms with E-state index >= 15 is 0 Å². The number of benzene rings is 2. The minimum atomic E-state index is -0.213. The molecule has 6 heteroatoms. The van der Waals surface area contributed by atoms with Crippen molar-refractivity contribution in [2.24, 2.45) is 0 Å². The molecule has 0 aliphatic carbocycles. The van der Waals surface area contributed by atoms with Crippen molar-refractivity contribution in [2.45, 2.75) is 6.54 Å². The Morgan fingerprint density at radius 2 is 1.79 bits per heavy atom. The average Bonchev–Trinajstić information content (AvgIpc) is 3.20. The smallest absolute Gasteiger partial charge is 0.263 e. The van der Waals surface area contributed by atoms with E-state index in [-0.39, 0.29) is 18.0 Å². The summed E-state index contributed by atoms with van der Waals surface area (Å²) in [5.41, 5.74) is 2.35. The van der Waals surface area contributed by atoms with Crippen molar-refractivity contribution in [3.63, 3.8) is 0 Å². The van der Waals surface area contributed by atoms with Crippen LogP contribution in [0.15, 0.2) is 89.8 Å². The fourth-order valence-electron chi connectivity index (χ4n) is 3.23. The molecule has 0 aliphatic rings. The van der Waals surface area contributed by atoms with Crippen LogP contribution in [0.4, 0.5) is 5.69 Å². The number of hydrogen-bond acceptors (Lipinski definition) is 4. The van der Waals surface area contributed by atoms with Crippen LogP contribution >= 0.6 is 11.3 Å². The Hall–Kier alpha value is -3.51. The third-order valence-corrected chi connectivity index (χ3v) is 5.52. The Balaban J connectivity index is 1.71. The zero-order valence-corrected chi connectivity index (χ0v) is 16.5. The molecule has 0 radical (unpaired) electrons. The third kappa shape index (κ3) is 3.75. The number of para-hydroxylation sites is 1. The molecule has 5 nitrogen and oxygen atoms in total. The summed E-state index contributed by atoms with van der Waals surface area (Å²) in [5.74, 6) is -0.198. The fraction of sp³-hybridized carbons (Fsp3) is 0.0870. The zero-order chi connectivity index (χ0) is 20.2. The number of rotatable bonds is 6. The summed E-state index contributed by atoms with van der Waals surface area (Å²) in [6.45, 7) is 4.01. The molecule has 0 saturated heterocycles. The van der Waals surface area contributed by atoms with E-state index in [4.69, 9.17) is 0 Å². The third-order valence-electron chi connectivity index (χ3n) is 4.63. The monoisotopic (exact) mass is 401 g/mol. The second kappa shape index (κ2) is 8.24. The van der Waals surface area contributed by atoms with Crippen LogP contribution in [-0.4, -0.2) is 22.0 Å². The van der Waals surface area contributed by atoms with Gasteiger partial charge in [-0.1, -0.05) is 54.6 Å². The van der Waals surface area contributed by atoms with E-state index in [2.05, 4.69) is 11.6 Å². The van der Waals surface area contributed by atoms with E-state index < -0.39 is 0 Å². The molecule has 4 aromatic rings. The van der Waals surface area contributed by atoms with Gasteiger partial charge in [-0.25, -0.2) is 4.98 Å². The number of anilines is 1. The van der Waals surface area contributed by atoms with Crippen LogP contribution in [0.3, 0.4) is 0 Å². The summed E-state index contributed by atoms with van der Waals surface area (Å²) in [6.07, 6.45) is 3.12. The highest BCUT2D eigenvalue weighted by atomic mass is 32.1. The van der Waals surface area contributed by atoms with Crippen molar-refractivity contribution >= 4 is 33.1 Å². The van der Waals surface area contributed by atoms with Crippen molar-refractivity contribution in [1.29, 1.82) is 0 Å². The Morgan fingerprint density at radius 3 is 2.48 bits per heavy atom. The molecule has 0 saturated carbocycles. The van der Waals surface area contributed by atoms with E-state index in [1.165, 1.54) is 22.2 Å². The lowest BCUT2D eigenvalue weighted by Gasteiger charge is -2.21. The normalized spacial score (nSPS) is 10.8. The minimum absolute atomic E-state index is 0.0887. The van der Waals surface area contributed by atoms with Crippen LogP contribution in [0.2, 0.25) is 0 Å². The largest absolute Gasteiger partial charge is 0.307 e. The maximum atomic E-state index is 13.2. The van der Waals surface area contributed by atoms with Crippen LogP contribution in [0.25, 0.3) is 21.3 Å². The summed E-state index contributed by atoms with van der Waals surface area (Å²) in [4.78, 5) is 32.8. The van der Waals surface area contributed by atoms with Gasteiger partial charge in [0.05, 0.1) is 11.7 Å². The first kappa shape index (κ1) is 18.8. The number of fused-ring (bicyclic) bond motifs is 1. The average molecular weight is 401 g/mol. The van der Waals surface area contributed by atoms with Gasteiger partial charge in [0.25, 0.3) is 5.56 Å². The van der Waals surface area contributed by atoms with Gasteiger partial charge < -0.3 is 4.90 Å². The summed E-state index contributed by atoms with van der Waals surface area (Å²) in [6, 6.07) is 19.1. The molecule has 4 rings (SSSR count). The van der Waals surface area contributed by atoms with Crippen molar-refractivity contribution in [3.8, 4) is 11.1 Å². The quantitative estimate of drug-likeness (QED) is 0.452. The predicted octanol–water partition coefficient (Wildman–Crippen LogP) is 4.34. The van der Waals surface area contributed by atoms with Gasteiger partial charge in [-0.3, -0.25) is 14.2 Å². The van der Waals surface area contributed by atoms with Crippen molar-refractivity contribution in [2.75, 3.05) is 11.4 Å². The molecule has 0 atom stereocenters. The molecule has 1 amide bonds. The first-order valence-corrected chi connectivity index (χ1v) is 10.1. The van der Waals surface area contributed by atoms with Gasteiger partial charge in [-0.2, -0.15) is 0 Å². The standard InChI is InChI=1S/C23H19N3O2S/c1-2-13-26(18-11-7-4-8-12-18)20(27)14-25-16-24-22-21(23(25)28)19(15-29-22)17-9-5-3-6-10-17/h2-12,15-16H,1,13-14H2. The van der Waals surface area contributed by atoms with Gasteiger partial charge >= 0.3 is 0 Å². The Labute approximate surface area is 172 Å². The number of hydrogen-bond donors (Lipinski definition) is 0. The van der Waals surface area contributed by atoms with Crippen LogP contribution in [-0.2, 0) is 11.3 Å². The minimum Gasteiger partial charge on any atom is -0.307 e. The lowest BCUT2D eigenvalue weighted by Crippen LogP contribution is -2.36. The highest BCUT2D eigenvalue weighted by Crippen LogP contribution is 2.30. The van der Waals surface area contributed by atoms with Crippen LogP contribution in [0.5, 0.6) is 0 Å². The van der Waals surface area contributed by atoms with E-state index in [9.17, 15) is 9.59 Å². The molecule has 2 aromatic carbocycles. The molecule has 0 bridgehead atoms. The summed E-state index contributed by atoms with van der Waals surface area (Å²) in [5, 5.41) is 2.49. The van der Waals surface area contributed by atoms with Gasteiger partial charge in [0.1, 0.15) is 11.4 Å². The summed E-state index contributed by atoms with van der Waals surface area (Å²) >= 11 is 1.43. The lowest BCUT2D eigenvalue weighted by molar-refractivity contribution is -0.119. The molecule has 0 unspecified atom stereocenters. The van der Waals surface area contributed by atoms with Crippen molar-refractivity contribution < 1.29 is 4.79 Å². The zero-order valence-electron chi connectivity index (χ0n) is 15.7. The second-order valence-corrected chi connectivity index (χ2v) is 7.36. The Morgan fingerprint density at radius 1 is 1.10 bits per heavy atom. The molecule has 0 fully saturated rings. The van der Waals surface area contributed by atoms with Gasteiger partial charge in [0.2, 0.25) is 5.91 Å². The van der Waals surface area contributed by atoms with Gasteiger partial charge in [-0.15, -0.1) is 17.9 Å². The highest BCUT2D eigenvalue weighted by Gasteiger charge is 2.18. The molecule has 2 heterocycles. The summed E-state index contributed by atoms with van der Waals surface area (Å²) < 4.78 is 1.38. The molecule has 0 aliphatic heterocycles. The highest BCUT2D eigenvalue weighted by molar-refractivity contribution is 7.17. The number of carbonyl (C=O) groups excluding carboxylic acids is 1. The number of thiophene rings is 1. The molecular weight excluding hydrogens is 382 g/mol. The molecule has 2 aromatic heterocycles. The topological polar surface area (TPSA) is 55.2 Å². The Kier molecular flexibility index (Phi) is 5.35. The maximum Gasteiger partial charge on any atom is 0.263 e. The number of nitrogens with zero attached hydrogens (tertiary/aromatic N) is 3. The van der Waals surface area contributed by atoms with Gasteiger partial charge in [0.15, 0.2) is 0 Å². The van der Waals surface area contributed by atoms with E-state index in [0.717, 1.165) is 16.8 Å². The predicted molar refractivity (Wildman–Crippen MR) is 118 cm³/mol. The maximum absolute atomic E-state index is 13.2. The van der Waals surface area contributed by atoms with Crippen LogP contribution in [0, 0.1) is 0 Å². The van der Waals surface area contributed by atoms with E-state index in [1.807, 2.05) is 66.0 Å². The first-order chi connectivity index (χ1) is 14.2. The fourth-order valence-corrected chi connectivity index (χ4v) is 4.14. The lowest BCUT2D eigenvalue weighted by atomic mass is 10.1. The van der Waals surface area contributed by atoms with E-state index in [0.29, 0.717) is 16.8 Å². The number of amides is 1. The summed E-state index contributed by atoms with van der Waals surface area (Å²) in [7, 11) is 0. The van der Waals surface area contributed by atoms with Gasteiger partial charge in [-0.05, 0) is 17.7 Å². The van der Waals surface area contributed by atoms with Crippen LogP contribution in [0.1, 0.15) is 0 Å². The van der Waals surface area contributed by atoms with E-state index in [1.54, 1.807) is 11.0 Å². The second-order valence-electron chi connectivity index (χ2n) is 6.50. The first-order valence-electron chi connectivity index (χ1n) is 9.17. The molecule has 0 N–H and O–H groups in total. The number of aromatic nitrogens is 2. The molecule has 0 spiro atoms. The SMILES string of the molecule is C=CCN(C(=O)Cn1cnc2scc(-c3ccccc3)c2c1=O)c1ccccc1. The van der Waals surface area contributed by atoms with Crippen LogP contribution < -0.4 is 10.5 Å². The van der Waals surface area contributed by atoms with Crippen molar-refractivity contribution in [3.05, 3.63) is 95.4 Å². The Bertz CT molecular complexity index is 1210. The van der Waals surface area contributed by atoms with Gasteiger partial charge in [0, 0.05) is 23.2 Å². The van der Waals surface area contributed by atoms with Crippen molar-refractivity contribution in [1.82, 2.24) is 9.55 Å². The molecule has 29 heavy (non-hydrogen) atoms. The number of carbonyl (C=O) groups is 1. The molecular formula is C23H19N3O2S.